The predicted octanol–water partition coefficient (Wildman–Crippen LogP) is 5.38. The lowest BCUT2D eigenvalue weighted by molar-refractivity contribution is -0.112. The second-order valence-corrected chi connectivity index (χ2v) is 9.38. The van der Waals surface area contributed by atoms with Crippen LogP contribution in [0.25, 0.3) is 6.08 Å². The first-order chi connectivity index (χ1) is 15.2. The van der Waals surface area contributed by atoms with Crippen LogP contribution in [0.2, 0.25) is 0 Å². The fraction of sp³-hybridized carbons (Fsp3) is 0.0833. The Morgan fingerprint density at radius 3 is 2.38 bits per heavy atom. The Labute approximate surface area is 195 Å². The van der Waals surface area contributed by atoms with Crippen molar-refractivity contribution in [2.24, 2.45) is 0 Å². The Morgan fingerprint density at radius 2 is 1.75 bits per heavy atom. The van der Waals surface area contributed by atoms with Gasteiger partial charge in [0.2, 0.25) is 0 Å². The molecule has 0 heterocycles. The van der Waals surface area contributed by atoms with Crippen molar-refractivity contribution in [1.29, 1.82) is 5.26 Å². The molecule has 162 valence electrons. The van der Waals surface area contributed by atoms with Crippen LogP contribution in [0.3, 0.4) is 0 Å². The van der Waals surface area contributed by atoms with E-state index in [0.29, 0.717) is 15.7 Å². The number of hydrogen-bond acceptors (Lipinski definition) is 5. The molecule has 8 heteroatoms. The predicted molar refractivity (Wildman–Crippen MR) is 127 cm³/mol. The van der Waals surface area contributed by atoms with Gasteiger partial charge in [0.25, 0.3) is 5.91 Å². The monoisotopic (exact) mass is 510 g/mol. The molecule has 0 aliphatic heterocycles. The molecular formula is C24H19BrN2O4S. The molecule has 3 rings (SSSR count). The minimum atomic E-state index is -4.01. The number of carbonyl (C=O) groups excluding carboxylic acids is 1. The van der Waals surface area contributed by atoms with Gasteiger partial charge in [-0.15, -0.1) is 0 Å². The third-order valence-electron chi connectivity index (χ3n) is 4.53. The van der Waals surface area contributed by atoms with Gasteiger partial charge in [-0.05, 0) is 77.3 Å². The van der Waals surface area contributed by atoms with Crippen molar-refractivity contribution >= 4 is 43.7 Å². The van der Waals surface area contributed by atoms with Crippen LogP contribution in [0, 0.1) is 25.2 Å². The summed E-state index contributed by atoms with van der Waals surface area (Å²) in [5, 5.41) is 12.1. The van der Waals surface area contributed by atoms with E-state index in [1.165, 1.54) is 24.3 Å². The lowest BCUT2D eigenvalue weighted by Gasteiger charge is -2.10. The maximum atomic E-state index is 12.5. The fourth-order valence-electron chi connectivity index (χ4n) is 2.76. The molecule has 0 bridgehead atoms. The van der Waals surface area contributed by atoms with E-state index in [9.17, 15) is 18.5 Å². The van der Waals surface area contributed by atoms with Crippen molar-refractivity contribution in [3.05, 3.63) is 93.5 Å². The summed E-state index contributed by atoms with van der Waals surface area (Å²) >= 11 is 3.29. The summed E-state index contributed by atoms with van der Waals surface area (Å²) < 4.78 is 30.6. The largest absolute Gasteiger partial charge is 0.378 e. The van der Waals surface area contributed by atoms with E-state index < -0.39 is 16.0 Å². The quantitative estimate of drug-likeness (QED) is 0.272. The smallest absolute Gasteiger partial charge is 0.339 e. The Kier molecular flexibility index (Phi) is 7.13. The van der Waals surface area contributed by atoms with Gasteiger partial charge in [-0.1, -0.05) is 42.0 Å². The lowest BCUT2D eigenvalue weighted by atomic mass is 10.1. The summed E-state index contributed by atoms with van der Waals surface area (Å²) in [6.45, 7) is 3.71. The van der Waals surface area contributed by atoms with Crippen molar-refractivity contribution in [3.63, 3.8) is 0 Å². The van der Waals surface area contributed by atoms with Crippen LogP contribution >= 0.6 is 15.9 Å². The number of nitrogens with one attached hydrogen (secondary N) is 1. The number of nitrogens with zero attached hydrogens (tertiary/aromatic N) is 1. The van der Waals surface area contributed by atoms with Gasteiger partial charge in [0.05, 0.1) is 4.47 Å². The van der Waals surface area contributed by atoms with E-state index in [2.05, 4.69) is 21.2 Å². The molecule has 0 radical (unpaired) electrons. The molecule has 3 aromatic carbocycles. The van der Waals surface area contributed by atoms with Crippen molar-refractivity contribution < 1.29 is 17.4 Å². The first-order valence-corrected chi connectivity index (χ1v) is 11.7. The highest BCUT2D eigenvalue weighted by Gasteiger charge is 2.18. The summed E-state index contributed by atoms with van der Waals surface area (Å²) in [5.41, 5.74) is 2.85. The molecule has 0 unspecified atom stereocenters. The zero-order chi connectivity index (χ0) is 23.3. The number of anilines is 1. The number of hydrogen-bond donors (Lipinski definition) is 1. The molecule has 0 aromatic heterocycles. The molecule has 3 aromatic rings. The average molecular weight is 511 g/mol. The Bertz CT molecular complexity index is 1340. The second-order valence-electron chi connectivity index (χ2n) is 6.98. The van der Waals surface area contributed by atoms with E-state index in [-0.39, 0.29) is 16.2 Å². The molecule has 1 amide bonds. The maximum Gasteiger partial charge on any atom is 0.339 e. The highest BCUT2D eigenvalue weighted by atomic mass is 79.9. The van der Waals surface area contributed by atoms with E-state index in [1.807, 2.05) is 32.0 Å². The Balaban J connectivity index is 1.81. The maximum absolute atomic E-state index is 12.5. The van der Waals surface area contributed by atoms with Crippen molar-refractivity contribution in [1.82, 2.24) is 0 Å². The highest BCUT2D eigenvalue weighted by molar-refractivity contribution is 9.10. The van der Waals surface area contributed by atoms with Gasteiger partial charge in [0.1, 0.15) is 16.5 Å². The molecule has 1 N–H and O–H groups in total. The van der Waals surface area contributed by atoms with Gasteiger partial charge < -0.3 is 9.50 Å². The molecule has 0 atom stereocenters. The Morgan fingerprint density at radius 1 is 1.06 bits per heavy atom. The zero-order valence-electron chi connectivity index (χ0n) is 17.3. The molecule has 6 nitrogen and oxygen atoms in total. The zero-order valence-corrected chi connectivity index (χ0v) is 19.7. The minimum Gasteiger partial charge on any atom is -0.378 e. The first-order valence-electron chi connectivity index (χ1n) is 9.49. The number of nitriles is 1. The van der Waals surface area contributed by atoms with E-state index in [0.717, 1.165) is 11.1 Å². The van der Waals surface area contributed by atoms with Crippen LogP contribution in [0.1, 0.15) is 16.7 Å². The molecule has 0 spiro atoms. The lowest BCUT2D eigenvalue weighted by Crippen LogP contribution is -2.14. The SMILES string of the molecule is Cc1ccc(S(=O)(=O)Oc2ccc(/C=C(\C#N)C(=O)Nc3ccccc3C)cc2Br)cc1. The third-order valence-corrected chi connectivity index (χ3v) is 6.40. The number of halogens is 1. The molecular weight excluding hydrogens is 492 g/mol. The molecule has 0 saturated heterocycles. The van der Waals surface area contributed by atoms with Crippen molar-refractivity contribution in [3.8, 4) is 11.8 Å². The number of para-hydroxylation sites is 1. The van der Waals surface area contributed by atoms with Gasteiger partial charge in [-0.2, -0.15) is 13.7 Å². The summed E-state index contributed by atoms with van der Waals surface area (Å²) in [6, 6.07) is 20.0. The number of benzene rings is 3. The number of amides is 1. The first kappa shape index (κ1) is 23.3. The van der Waals surface area contributed by atoms with Crippen molar-refractivity contribution in [2.75, 3.05) is 5.32 Å². The van der Waals surface area contributed by atoms with Crippen LogP contribution in [-0.2, 0) is 14.9 Å². The number of carbonyl (C=O) groups is 1. The standard InChI is InChI=1S/C24H19BrN2O4S/c1-16-7-10-20(11-8-16)32(29,30)31-23-12-9-18(14-21(23)25)13-19(15-26)24(28)27-22-6-4-3-5-17(22)2/h3-14H,1-2H3,(H,27,28)/b19-13+. The van der Waals surface area contributed by atoms with Crippen LogP contribution < -0.4 is 9.50 Å². The third kappa shape index (κ3) is 5.63. The van der Waals surface area contributed by atoms with Gasteiger partial charge in [0, 0.05) is 5.69 Å². The normalized spacial score (nSPS) is 11.5. The summed E-state index contributed by atoms with van der Waals surface area (Å²) in [4.78, 5) is 12.5. The molecule has 0 fully saturated rings. The number of rotatable bonds is 6. The minimum absolute atomic E-state index is 0.0404. The average Bonchev–Trinajstić information content (AvgIpc) is 2.75. The molecule has 0 saturated carbocycles. The second kappa shape index (κ2) is 9.81. The summed E-state index contributed by atoms with van der Waals surface area (Å²) in [5.74, 6) is -0.453. The summed E-state index contributed by atoms with van der Waals surface area (Å²) in [6.07, 6.45) is 1.41. The van der Waals surface area contributed by atoms with E-state index in [1.54, 1.807) is 36.4 Å². The van der Waals surface area contributed by atoms with Gasteiger partial charge >= 0.3 is 10.1 Å². The number of aryl methyl sites for hydroxylation is 2. The topological polar surface area (TPSA) is 96.3 Å². The van der Waals surface area contributed by atoms with Gasteiger partial charge in [0.15, 0.2) is 5.75 Å². The molecule has 32 heavy (non-hydrogen) atoms. The summed E-state index contributed by atoms with van der Waals surface area (Å²) in [7, 11) is -4.01. The van der Waals surface area contributed by atoms with Crippen LogP contribution in [0.5, 0.6) is 5.75 Å². The molecule has 0 aliphatic carbocycles. The fourth-order valence-corrected chi connectivity index (χ4v) is 4.30. The van der Waals surface area contributed by atoms with E-state index >= 15 is 0 Å². The van der Waals surface area contributed by atoms with E-state index in [4.69, 9.17) is 4.18 Å². The van der Waals surface area contributed by atoms with Gasteiger partial charge in [-0.3, -0.25) is 4.79 Å². The Hall–Kier alpha value is -3.41. The van der Waals surface area contributed by atoms with Crippen LogP contribution in [-0.4, -0.2) is 14.3 Å². The van der Waals surface area contributed by atoms with Crippen molar-refractivity contribution in [2.45, 2.75) is 18.7 Å². The van der Waals surface area contributed by atoms with Crippen LogP contribution in [0.4, 0.5) is 5.69 Å². The highest BCUT2D eigenvalue weighted by Crippen LogP contribution is 2.30. The molecule has 0 aliphatic rings. The van der Waals surface area contributed by atoms with Gasteiger partial charge in [-0.25, -0.2) is 0 Å². The van der Waals surface area contributed by atoms with Crippen LogP contribution in [0.15, 0.2) is 81.7 Å².